The highest BCUT2D eigenvalue weighted by Gasteiger charge is 2.17. The zero-order valence-electron chi connectivity index (χ0n) is 6.96. The van der Waals surface area contributed by atoms with Crippen molar-refractivity contribution in [3.63, 3.8) is 0 Å². The van der Waals surface area contributed by atoms with Crippen LogP contribution in [0.4, 0.5) is 0 Å². The van der Waals surface area contributed by atoms with Crippen molar-refractivity contribution in [2.24, 2.45) is 0 Å². The van der Waals surface area contributed by atoms with Crippen LogP contribution in [0.1, 0.15) is 16.3 Å². The Hall–Kier alpha value is -1.83. The molecule has 0 saturated heterocycles. The Kier molecular flexibility index (Phi) is 1.97. The smallest absolute Gasteiger partial charge is 0.377 e. The maximum absolute atomic E-state index is 10.5. The Bertz CT molecular complexity index is 477. The van der Waals surface area contributed by atoms with Crippen LogP contribution >= 0.6 is 11.5 Å². The van der Waals surface area contributed by atoms with Gasteiger partial charge >= 0.3 is 5.97 Å². The summed E-state index contributed by atoms with van der Waals surface area (Å²) < 4.78 is 8.41. The predicted molar refractivity (Wildman–Crippen MR) is 44.9 cm³/mol. The van der Waals surface area contributed by atoms with Crippen molar-refractivity contribution in [1.82, 2.24) is 19.7 Å². The molecule has 0 atom stereocenters. The molecule has 0 aliphatic carbocycles. The van der Waals surface area contributed by atoms with E-state index in [0.29, 0.717) is 10.6 Å². The van der Waals surface area contributed by atoms with Crippen LogP contribution in [0.25, 0.3) is 10.8 Å². The van der Waals surface area contributed by atoms with Gasteiger partial charge in [0.25, 0.3) is 11.7 Å². The number of hydrogen-bond acceptors (Lipinski definition) is 7. The van der Waals surface area contributed by atoms with Crippen LogP contribution < -0.4 is 0 Å². The first-order valence-corrected chi connectivity index (χ1v) is 4.32. The summed E-state index contributed by atoms with van der Waals surface area (Å²) in [5.41, 5.74) is 0.635. The maximum Gasteiger partial charge on any atom is 0.377 e. The molecule has 7 nitrogen and oxygen atoms in total. The van der Waals surface area contributed by atoms with Crippen molar-refractivity contribution in [3.8, 4) is 10.8 Å². The number of rotatable bonds is 2. The van der Waals surface area contributed by atoms with Gasteiger partial charge < -0.3 is 9.63 Å². The zero-order chi connectivity index (χ0) is 10.1. The number of carboxylic acid groups (broad SMARTS) is 1. The van der Waals surface area contributed by atoms with Gasteiger partial charge in [0.05, 0.1) is 5.69 Å². The first-order chi connectivity index (χ1) is 6.68. The highest BCUT2D eigenvalue weighted by atomic mass is 32.1. The van der Waals surface area contributed by atoms with Gasteiger partial charge in [0.2, 0.25) is 0 Å². The Balaban J connectivity index is 2.43. The Morgan fingerprint density at radius 1 is 1.57 bits per heavy atom. The van der Waals surface area contributed by atoms with Crippen molar-refractivity contribution in [2.75, 3.05) is 0 Å². The highest BCUT2D eigenvalue weighted by molar-refractivity contribution is 7.09. The van der Waals surface area contributed by atoms with Gasteiger partial charge in [-0.25, -0.2) is 4.79 Å². The standard InChI is InChI=1S/C6H4N4O3S/c1-2-3(14-10-8-2)5-7-4(6(11)12)9-13-5/h1H3,(H,11,12). The molecule has 0 unspecified atom stereocenters. The Morgan fingerprint density at radius 2 is 2.36 bits per heavy atom. The second-order valence-corrected chi connectivity index (χ2v) is 3.17. The normalized spacial score (nSPS) is 10.4. The van der Waals surface area contributed by atoms with Crippen LogP contribution in [0, 0.1) is 6.92 Å². The summed E-state index contributed by atoms with van der Waals surface area (Å²) in [4.78, 5) is 14.7. The van der Waals surface area contributed by atoms with E-state index in [1.807, 2.05) is 0 Å². The molecule has 2 rings (SSSR count). The molecule has 0 amide bonds. The minimum atomic E-state index is -1.23. The minimum absolute atomic E-state index is 0.134. The fourth-order valence-corrected chi connectivity index (χ4v) is 1.41. The van der Waals surface area contributed by atoms with E-state index >= 15 is 0 Å². The molecule has 2 aromatic heterocycles. The lowest BCUT2D eigenvalue weighted by molar-refractivity contribution is 0.0680. The van der Waals surface area contributed by atoms with Gasteiger partial charge in [-0.3, -0.25) is 0 Å². The van der Waals surface area contributed by atoms with E-state index in [-0.39, 0.29) is 11.7 Å². The molecule has 8 heteroatoms. The molecule has 2 aromatic rings. The van der Waals surface area contributed by atoms with Crippen LogP contribution in [-0.4, -0.2) is 30.8 Å². The lowest BCUT2D eigenvalue weighted by Crippen LogP contribution is -1.98. The molecule has 1 N–H and O–H groups in total. The predicted octanol–water partition coefficient (Wildman–Crippen LogP) is 0.595. The molecular weight excluding hydrogens is 208 g/mol. The van der Waals surface area contributed by atoms with E-state index in [0.717, 1.165) is 11.5 Å². The van der Waals surface area contributed by atoms with Crippen LogP contribution in [0.5, 0.6) is 0 Å². The topological polar surface area (TPSA) is 102 Å². The summed E-state index contributed by atoms with van der Waals surface area (Å²) in [6, 6.07) is 0. The van der Waals surface area contributed by atoms with Crippen molar-refractivity contribution >= 4 is 17.5 Å². The molecule has 0 aliphatic rings. The van der Waals surface area contributed by atoms with E-state index in [2.05, 4.69) is 19.7 Å². The van der Waals surface area contributed by atoms with Crippen LogP contribution in [0.3, 0.4) is 0 Å². The summed E-state index contributed by atoms with van der Waals surface area (Å²) in [5, 5.41) is 15.6. The third-order valence-corrected chi connectivity index (χ3v) is 2.28. The van der Waals surface area contributed by atoms with Crippen molar-refractivity contribution in [3.05, 3.63) is 11.5 Å². The van der Waals surface area contributed by atoms with E-state index < -0.39 is 5.97 Å². The summed E-state index contributed by atoms with van der Waals surface area (Å²) in [6.07, 6.45) is 0. The van der Waals surface area contributed by atoms with Gasteiger partial charge in [-0.15, -0.1) is 5.10 Å². The average Bonchev–Trinajstić information content (AvgIpc) is 2.71. The molecule has 2 heterocycles. The number of aromatic nitrogens is 4. The van der Waals surface area contributed by atoms with Gasteiger partial charge in [-0.2, -0.15) is 4.98 Å². The van der Waals surface area contributed by atoms with Gasteiger partial charge in [-0.1, -0.05) is 4.49 Å². The number of nitrogens with zero attached hydrogens (tertiary/aromatic N) is 4. The van der Waals surface area contributed by atoms with E-state index in [1.165, 1.54) is 0 Å². The molecule has 0 saturated carbocycles. The third kappa shape index (κ3) is 1.35. The van der Waals surface area contributed by atoms with Crippen molar-refractivity contribution in [1.29, 1.82) is 0 Å². The minimum Gasteiger partial charge on any atom is -0.475 e. The first kappa shape index (κ1) is 8.75. The molecular formula is C6H4N4O3S. The molecule has 0 spiro atoms. The fourth-order valence-electron chi connectivity index (χ4n) is 0.830. The van der Waals surface area contributed by atoms with Crippen LogP contribution in [0.2, 0.25) is 0 Å². The number of carboxylic acids is 1. The largest absolute Gasteiger partial charge is 0.475 e. The first-order valence-electron chi connectivity index (χ1n) is 3.55. The molecule has 0 aliphatic heterocycles. The number of hydrogen-bond donors (Lipinski definition) is 1. The number of aryl methyl sites for hydroxylation is 1. The molecule has 72 valence electrons. The summed E-state index contributed by atoms with van der Waals surface area (Å²) in [7, 11) is 0. The lowest BCUT2D eigenvalue weighted by atomic mass is 10.4. The van der Waals surface area contributed by atoms with Gasteiger partial charge in [0.15, 0.2) is 0 Å². The number of carbonyl (C=O) groups is 1. The quantitative estimate of drug-likeness (QED) is 0.777. The van der Waals surface area contributed by atoms with Crippen LogP contribution in [0.15, 0.2) is 4.52 Å². The zero-order valence-corrected chi connectivity index (χ0v) is 7.78. The fraction of sp³-hybridized carbons (Fsp3) is 0.167. The highest BCUT2D eigenvalue weighted by Crippen LogP contribution is 2.23. The lowest BCUT2D eigenvalue weighted by Gasteiger charge is -1.84. The van der Waals surface area contributed by atoms with E-state index in [1.54, 1.807) is 6.92 Å². The second kappa shape index (κ2) is 3.14. The molecule has 0 bridgehead atoms. The van der Waals surface area contributed by atoms with Crippen molar-refractivity contribution in [2.45, 2.75) is 6.92 Å². The summed E-state index contributed by atoms with van der Waals surface area (Å²) in [5.74, 6) is -1.46. The van der Waals surface area contributed by atoms with E-state index in [4.69, 9.17) is 9.63 Å². The van der Waals surface area contributed by atoms with Gasteiger partial charge in [0, 0.05) is 0 Å². The SMILES string of the molecule is Cc1nnsc1-c1nc(C(=O)O)no1. The summed E-state index contributed by atoms with van der Waals surface area (Å²) >= 11 is 1.08. The van der Waals surface area contributed by atoms with Gasteiger partial charge in [-0.05, 0) is 23.6 Å². The monoisotopic (exact) mass is 212 g/mol. The maximum atomic E-state index is 10.5. The Morgan fingerprint density at radius 3 is 2.86 bits per heavy atom. The summed E-state index contributed by atoms with van der Waals surface area (Å²) in [6.45, 7) is 1.73. The molecule has 0 aromatic carbocycles. The molecule has 0 radical (unpaired) electrons. The molecule has 0 fully saturated rings. The Labute approximate surface area is 81.5 Å². The van der Waals surface area contributed by atoms with E-state index in [9.17, 15) is 4.79 Å². The second-order valence-electron chi connectivity index (χ2n) is 2.42. The van der Waals surface area contributed by atoms with Crippen LogP contribution in [-0.2, 0) is 0 Å². The average molecular weight is 212 g/mol. The molecule has 14 heavy (non-hydrogen) atoms. The van der Waals surface area contributed by atoms with Crippen molar-refractivity contribution < 1.29 is 14.4 Å². The number of aromatic carboxylic acids is 1. The van der Waals surface area contributed by atoms with Gasteiger partial charge in [0.1, 0.15) is 4.88 Å². The third-order valence-electron chi connectivity index (χ3n) is 1.46.